The highest BCUT2D eigenvalue weighted by Crippen LogP contribution is 2.31. The van der Waals surface area contributed by atoms with Crippen LogP contribution in [0.2, 0.25) is 0 Å². The molecule has 0 bridgehead atoms. The van der Waals surface area contributed by atoms with Gasteiger partial charge >= 0.3 is 0 Å². The van der Waals surface area contributed by atoms with Gasteiger partial charge in [-0.25, -0.2) is 0 Å². The van der Waals surface area contributed by atoms with E-state index in [1.807, 2.05) is 13.8 Å². The maximum absolute atomic E-state index is 13.3. The van der Waals surface area contributed by atoms with Gasteiger partial charge in [0.2, 0.25) is 5.91 Å². The zero-order valence-electron chi connectivity index (χ0n) is 18.9. The zero-order chi connectivity index (χ0) is 24.1. The molecule has 2 aromatic carbocycles. The van der Waals surface area contributed by atoms with Crippen molar-refractivity contribution in [2.45, 2.75) is 26.8 Å². The molecule has 176 valence electrons. The number of aromatic nitrogens is 2. The van der Waals surface area contributed by atoms with Crippen LogP contribution >= 0.6 is 12.2 Å². The summed E-state index contributed by atoms with van der Waals surface area (Å²) in [5.74, 6) is 1.61. The van der Waals surface area contributed by atoms with Gasteiger partial charge in [-0.05, 0) is 62.0 Å². The van der Waals surface area contributed by atoms with Crippen molar-refractivity contribution >= 4 is 29.0 Å². The van der Waals surface area contributed by atoms with E-state index in [1.165, 1.54) is 4.57 Å². The molecule has 0 unspecified atom stereocenters. The van der Waals surface area contributed by atoms with Crippen molar-refractivity contribution < 1.29 is 18.7 Å². The smallest absolute Gasteiger partial charge is 0.266 e. The highest BCUT2D eigenvalue weighted by atomic mass is 32.1. The second-order valence-corrected chi connectivity index (χ2v) is 7.87. The highest BCUT2D eigenvalue weighted by Gasteiger charge is 2.14. The van der Waals surface area contributed by atoms with Crippen LogP contribution in [0.15, 0.2) is 64.0 Å². The third-order valence-corrected chi connectivity index (χ3v) is 5.45. The summed E-state index contributed by atoms with van der Waals surface area (Å²) in [6.07, 6.45) is 1.77. The summed E-state index contributed by atoms with van der Waals surface area (Å²) in [5.41, 5.74) is 1.71. The molecule has 0 saturated carbocycles. The number of ether oxygens (including phenoxy) is 2. The minimum atomic E-state index is -0.272. The van der Waals surface area contributed by atoms with Crippen LogP contribution in [0.4, 0.5) is 0 Å². The fraction of sp³-hybridized carbons (Fsp3) is 0.240. The molecule has 0 saturated heterocycles. The molecule has 0 aliphatic carbocycles. The van der Waals surface area contributed by atoms with Crippen molar-refractivity contribution in [3.63, 3.8) is 0 Å². The van der Waals surface area contributed by atoms with Crippen molar-refractivity contribution in [3.05, 3.63) is 81.2 Å². The van der Waals surface area contributed by atoms with E-state index in [1.54, 1.807) is 54.8 Å². The largest absolute Gasteiger partial charge is 0.490 e. The predicted octanol–water partition coefficient (Wildman–Crippen LogP) is 4.30. The first-order valence-electron chi connectivity index (χ1n) is 11.0. The topological polar surface area (TPSA) is 98.5 Å². The van der Waals surface area contributed by atoms with Crippen molar-refractivity contribution in [2.24, 2.45) is 0 Å². The maximum Gasteiger partial charge on any atom is 0.266 e. The third kappa shape index (κ3) is 5.04. The minimum absolute atomic E-state index is 0.127. The van der Waals surface area contributed by atoms with Crippen LogP contribution in [-0.4, -0.2) is 28.7 Å². The van der Waals surface area contributed by atoms with Gasteiger partial charge in [0, 0.05) is 6.07 Å². The van der Waals surface area contributed by atoms with Gasteiger partial charge in [-0.3, -0.25) is 14.2 Å². The van der Waals surface area contributed by atoms with Gasteiger partial charge in [0.05, 0.1) is 49.0 Å². The van der Waals surface area contributed by atoms with E-state index >= 15 is 0 Å². The van der Waals surface area contributed by atoms with Gasteiger partial charge in [0.1, 0.15) is 5.76 Å². The van der Waals surface area contributed by atoms with Crippen LogP contribution in [0.1, 0.15) is 25.2 Å². The number of carbonyl (C=O) groups excluding carboxylic acids is 1. The van der Waals surface area contributed by atoms with Gasteiger partial charge < -0.3 is 24.2 Å². The molecule has 0 aliphatic rings. The number of H-pyrrole nitrogens is 1. The summed E-state index contributed by atoms with van der Waals surface area (Å²) in [6, 6.07) is 14.1. The van der Waals surface area contributed by atoms with E-state index in [9.17, 15) is 9.59 Å². The Morgan fingerprint density at radius 3 is 2.44 bits per heavy atom. The van der Waals surface area contributed by atoms with E-state index in [0.29, 0.717) is 53.6 Å². The molecular weight excluding hydrogens is 454 g/mol. The van der Waals surface area contributed by atoms with Crippen molar-refractivity contribution in [1.29, 1.82) is 0 Å². The molecule has 0 spiro atoms. The van der Waals surface area contributed by atoms with Gasteiger partial charge in [-0.2, -0.15) is 0 Å². The molecule has 0 atom stereocenters. The molecule has 2 aromatic heterocycles. The Balaban J connectivity index is 1.60. The molecule has 1 amide bonds. The zero-order valence-corrected chi connectivity index (χ0v) is 19.7. The van der Waals surface area contributed by atoms with Crippen LogP contribution in [0.25, 0.3) is 16.6 Å². The Labute approximate surface area is 201 Å². The summed E-state index contributed by atoms with van der Waals surface area (Å²) in [4.78, 5) is 28.7. The first kappa shape index (κ1) is 23.3. The number of nitrogens with one attached hydrogen (secondary N) is 2. The normalized spacial score (nSPS) is 10.9. The number of hydrogen-bond donors (Lipinski definition) is 2. The first-order valence-corrected chi connectivity index (χ1v) is 11.4. The van der Waals surface area contributed by atoms with Crippen molar-refractivity contribution in [1.82, 2.24) is 14.9 Å². The number of fused-ring (bicyclic) bond motifs is 1. The quantitative estimate of drug-likeness (QED) is 0.348. The number of furan rings is 1. The van der Waals surface area contributed by atoms with E-state index < -0.39 is 0 Å². The highest BCUT2D eigenvalue weighted by molar-refractivity contribution is 7.71. The summed E-state index contributed by atoms with van der Waals surface area (Å²) in [5, 5.41) is 3.25. The summed E-state index contributed by atoms with van der Waals surface area (Å²) < 4.78 is 18.2. The molecule has 8 nitrogen and oxygen atoms in total. The first-order chi connectivity index (χ1) is 16.5. The second kappa shape index (κ2) is 10.4. The van der Waals surface area contributed by atoms with E-state index in [4.69, 9.17) is 26.1 Å². The Morgan fingerprint density at radius 1 is 1.09 bits per heavy atom. The molecule has 0 fully saturated rings. The molecular formula is C25H25N3O5S. The lowest BCUT2D eigenvalue weighted by Gasteiger charge is -2.14. The molecule has 9 heteroatoms. The summed E-state index contributed by atoms with van der Waals surface area (Å²) in [6.45, 7) is 5.00. The van der Waals surface area contributed by atoms with E-state index in [2.05, 4.69) is 10.3 Å². The van der Waals surface area contributed by atoms with Crippen LogP contribution in [0.3, 0.4) is 0 Å². The number of carbonyl (C=O) groups is 1. The molecule has 2 heterocycles. The monoisotopic (exact) mass is 479 g/mol. The number of rotatable bonds is 9. The average molecular weight is 480 g/mol. The lowest BCUT2D eigenvalue weighted by Crippen LogP contribution is -2.24. The molecule has 0 aliphatic heterocycles. The number of nitrogens with zero attached hydrogens (tertiary/aromatic N) is 1. The molecule has 4 rings (SSSR count). The fourth-order valence-electron chi connectivity index (χ4n) is 3.60. The van der Waals surface area contributed by atoms with Crippen molar-refractivity contribution in [2.75, 3.05) is 13.2 Å². The number of hydrogen-bond acceptors (Lipinski definition) is 6. The van der Waals surface area contributed by atoms with Gasteiger partial charge in [0.15, 0.2) is 16.3 Å². The van der Waals surface area contributed by atoms with Crippen molar-refractivity contribution in [3.8, 4) is 17.2 Å². The molecule has 4 aromatic rings. The van der Waals surface area contributed by atoms with Gasteiger partial charge in [-0.1, -0.05) is 12.1 Å². The fourth-order valence-corrected chi connectivity index (χ4v) is 3.90. The van der Waals surface area contributed by atoms with Gasteiger partial charge in [0.25, 0.3) is 5.56 Å². The summed E-state index contributed by atoms with van der Waals surface area (Å²) in [7, 11) is 0. The SMILES string of the molecule is CCOc1cc2[nH]c(=S)n(-c3ccc(CC(=O)NCc4ccco4)cc3)c(=O)c2cc1OCC. The van der Waals surface area contributed by atoms with E-state index in [0.717, 1.165) is 5.56 Å². The standard InChI is InChI=1S/C25H25N3O5S/c1-3-31-21-13-19-20(14-22(21)32-4-2)27-25(34)28(24(19)30)17-9-7-16(8-10-17)12-23(29)26-15-18-6-5-11-33-18/h5-11,13-14H,3-4,12,15H2,1-2H3,(H,26,29)(H,27,34). The number of aromatic amines is 1. The molecule has 2 N–H and O–H groups in total. The summed E-state index contributed by atoms with van der Waals surface area (Å²) >= 11 is 5.48. The van der Waals surface area contributed by atoms with Crippen LogP contribution in [-0.2, 0) is 17.8 Å². The predicted molar refractivity (Wildman–Crippen MR) is 131 cm³/mol. The lowest BCUT2D eigenvalue weighted by atomic mass is 10.1. The molecule has 0 radical (unpaired) electrons. The Kier molecular flexibility index (Phi) is 7.12. The van der Waals surface area contributed by atoms with Crippen LogP contribution in [0.5, 0.6) is 11.5 Å². The Morgan fingerprint density at radius 2 is 1.79 bits per heavy atom. The third-order valence-electron chi connectivity index (χ3n) is 5.16. The average Bonchev–Trinajstić information content (AvgIpc) is 3.34. The maximum atomic E-state index is 13.3. The number of benzene rings is 2. The van der Waals surface area contributed by atoms with Gasteiger partial charge in [-0.15, -0.1) is 0 Å². The minimum Gasteiger partial charge on any atom is -0.490 e. The Hall–Kier alpha value is -3.85. The van der Waals surface area contributed by atoms with Crippen LogP contribution < -0.4 is 20.3 Å². The Bertz CT molecular complexity index is 1410. The van der Waals surface area contributed by atoms with E-state index in [-0.39, 0.29) is 22.7 Å². The number of amides is 1. The second-order valence-electron chi connectivity index (χ2n) is 7.48. The molecule has 34 heavy (non-hydrogen) atoms. The van der Waals surface area contributed by atoms with Crippen LogP contribution in [0, 0.1) is 4.77 Å². The lowest BCUT2D eigenvalue weighted by molar-refractivity contribution is -0.120.